The van der Waals surface area contributed by atoms with Crippen molar-refractivity contribution in [2.24, 2.45) is 7.05 Å². The van der Waals surface area contributed by atoms with Crippen molar-refractivity contribution < 1.29 is 4.39 Å². The summed E-state index contributed by atoms with van der Waals surface area (Å²) in [4.78, 5) is 0. The summed E-state index contributed by atoms with van der Waals surface area (Å²) in [5, 5.41) is 4.70. The minimum atomic E-state index is -0.313. The van der Waals surface area contributed by atoms with Gasteiger partial charge in [-0.15, -0.1) is 0 Å². The Morgan fingerprint density at radius 2 is 2.00 bits per heavy atom. The Labute approximate surface area is 104 Å². The van der Waals surface area contributed by atoms with Gasteiger partial charge in [0.15, 0.2) is 0 Å². The quantitative estimate of drug-likeness (QED) is 0.849. The average molecular weight is 254 g/mol. The van der Waals surface area contributed by atoms with Gasteiger partial charge in [-0.05, 0) is 31.5 Å². The van der Waals surface area contributed by atoms with Crippen LogP contribution in [0.15, 0.2) is 12.1 Å². The summed E-state index contributed by atoms with van der Waals surface area (Å²) >= 11 is 6.10. The highest BCUT2D eigenvalue weighted by atomic mass is 35.5. The largest absolute Gasteiger partial charge is 0.395 e. The van der Waals surface area contributed by atoms with Crippen molar-refractivity contribution in [2.75, 3.05) is 5.73 Å². The molecule has 0 bridgehead atoms. The third-order valence-electron chi connectivity index (χ3n) is 2.88. The van der Waals surface area contributed by atoms with E-state index in [1.807, 2.05) is 6.92 Å². The fourth-order valence-corrected chi connectivity index (χ4v) is 1.96. The molecule has 90 valence electrons. The molecule has 1 heterocycles. The van der Waals surface area contributed by atoms with E-state index >= 15 is 0 Å². The first-order valence-electron chi connectivity index (χ1n) is 5.17. The van der Waals surface area contributed by atoms with Gasteiger partial charge in [-0.3, -0.25) is 4.68 Å². The molecular weight excluding hydrogens is 241 g/mol. The molecule has 0 spiro atoms. The Balaban J connectivity index is 2.68. The van der Waals surface area contributed by atoms with E-state index < -0.39 is 0 Å². The lowest BCUT2D eigenvalue weighted by Gasteiger charge is -2.04. The van der Waals surface area contributed by atoms with Gasteiger partial charge in [-0.25, -0.2) is 4.39 Å². The van der Waals surface area contributed by atoms with Crippen LogP contribution in [0.1, 0.15) is 11.3 Å². The fraction of sp³-hybridized carbons (Fsp3) is 0.250. The number of nitrogens with zero attached hydrogens (tertiary/aromatic N) is 2. The molecule has 0 aliphatic carbocycles. The standard InChI is InChI=1S/C12H13ClFN3/c1-6-4-9(13)8(5-10(6)14)12-11(15)7(2)17(3)16-12/h4-5H,15H2,1-3H3. The summed E-state index contributed by atoms with van der Waals surface area (Å²) in [6.45, 7) is 3.52. The molecule has 0 radical (unpaired) electrons. The molecule has 2 rings (SSSR count). The SMILES string of the molecule is Cc1cc(Cl)c(-c2nn(C)c(C)c2N)cc1F. The minimum absolute atomic E-state index is 0.313. The smallest absolute Gasteiger partial charge is 0.126 e. The van der Waals surface area contributed by atoms with E-state index in [0.29, 0.717) is 27.5 Å². The lowest BCUT2D eigenvalue weighted by Crippen LogP contribution is -1.93. The molecule has 1 aromatic heterocycles. The molecule has 0 amide bonds. The van der Waals surface area contributed by atoms with Crippen LogP contribution in [0.5, 0.6) is 0 Å². The molecule has 0 atom stereocenters. The number of benzene rings is 1. The van der Waals surface area contributed by atoms with Gasteiger partial charge in [0.2, 0.25) is 0 Å². The number of aromatic nitrogens is 2. The highest BCUT2D eigenvalue weighted by Gasteiger charge is 2.16. The van der Waals surface area contributed by atoms with Crippen LogP contribution in [0.25, 0.3) is 11.3 Å². The monoisotopic (exact) mass is 253 g/mol. The maximum absolute atomic E-state index is 13.5. The molecule has 0 aliphatic rings. The van der Waals surface area contributed by atoms with Crippen LogP contribution in [-0.2, 0) is 7.05 Å². The fourth-order valence-electron chi connectivity index (χ4n) is 1.65. The Hall–Kier alpha value is -1.55. The second-order valence-electron chi connectivity index (χ2n) is 4.05. The first-order chi connectivity index (χ1) is 7.91. The number of nitrogens with two attached hydrogens (primary N) is 1. The van der Waals surface area contributed by atoms with Crippen LogP contribution >= 0.6 is 11.6 Å². The molecule has 0 fully saturated rings. The second kappa shape index (κ2) is 4.04. The van der Waals surface area contributed by atoms with Crippen molar-refractivity contribution >= 4 is 17.3 Å². The van der Waals surface area contributed by atoms with Crippen molar-refractivity contribution in [2.45, 2.75) is 13.8 Å². The molecule has 0 saturated heterocycles. The van der Waals surface area contributed by atoms with Gasteiger partial charge in [0.25, 0.3) is 0 Å². The Kier molecular flexibility index (Phi) is 2.83. The summed E-state index contributed by atoms with van der Waals surface area (Å²) in [6.07, 6.45) is 0. The summed E-state index contributed by atoms with van der Waals surface area (Å²) in [5.74, 6) is -0.313. The van der Waals surface area contributed by atoms with Crippen molar-refractivity contribution in [3.63, 3.8) is 0 Å². The van der Waals surface area contributed by atoms with Crippen LogP contribution in [0.3, 0.4) is 0 Å². The van der Waals surface area contributed by atoms with Gasteiger partial charge < -0.3 is 5.73 Å². The van der Waals surface area contributed by atoms with Gasteiger partial charge in [-0.1, -0.05) is 11.6 Å². The van der Waals surface area contributed by atoms with Crippen LogP contribution in [0.2, 0.25) is 5.02 Å². The first-order valence-corrected chi connectivity index (χ1v) is 5.54. The summed E-state index contributed by atoms with van der Waals surface area (Å²) in [5.41, 5.74) is 8.84. The number of aryl methyl sites for hydroxylation is 2. The van der Waals surface area contributed by atoms with Gasteiger partial charge in [0.05, 0.1) is 16.4 Å². The van der Waals surface area contributed by atoms with Crippen molar-refractivity contribution in [1.29, 1.82) is 0 Å². The molecule has 0 saturated carbocycles. The second-order valence-corrected chi connectivity index (χ2v) is 4.46. The predicted octanol–water partition coefficient (Wildman–Crippen LogP) is 3.08. The number of rotatable bonds is 1. The van der Waals surface area contributed by atoms with E-state index in [0.717, 1.165) is 5.69 Å². The van der Waals surface area contributed by atoms with E-state index in [2.05, 4.69) is 5.10 Å². The van der Waals surface area contributed by atoms with E-state index in [9.17, 15) is 4.39 Å². The number of hydrogen-bond donors (Lipinski definition) is 1. The average Bonchev–Trinajstić information content (AvgIpc) is 2.51. The third-order valence-corrected chi connectivity index (χ3v) is 3.20. The minimum Gasteiger partial charge on any atom is -0.395 e. The molecule has 3 nitrogen and oxygen atoms in total. The lowest BCUT2D eigenvalue weighted by atomic mass is 10.1. The van der Waals surface area contributed by atoms with Crippen molar-refractivity contribution in [3.05, 3.63) is 34.2 Å². The van der Waals surface area contributed by atoms with E-state index in [4.69, 9.17) is 17.3 Å². The summed E-state index contributed by atoms with van der Waals surface area (Å²) in [6, 6.07) is 2.95. The molecule has 2 N–H and O–H groups in total. The van der Waals surface area contributed by atoms with Crippen molar-refractivity contribution in [3.8, 4) is 11.3 Å². The highest BCUT2D eigenvalue weighted by Crippen LogP contribution is 2.33. The van der Waals surface area contributed by atoms with Crippen LogP contribution < -0.4 is 5.73 Å². The highest BCUT2D eigenvalue weighted by molar-refractivity contribution is 6.33. The number of hydrogen-bond acceptors (Lipinski definition) is 2. The summed E-state index contributed by atoms with van der Waals surface area (Å²) in [7, 11) is 1.79. The molecule has 1 aromatic carbocycles. The Morgan fingerprint density at radius 3 is 2.53 bits per heavy atom. The first kappa shape index (κ1) is 11.9. The predicted molar refractivity (Wildman–Crippen MR) is 67.5 cm³/mol. The third kappa shape index (κ3) is 1.89. The Bertz CT molecular complexity index is 590. The lowest BCUT2D eigenvalue weighted by molar-refractivity contribution is 0.619. The van der Waals surface area contributed by atoms with Crippen molar-refractivity contribution in [1.82, 2.24) is 9.78 Å². The molecule has 2 aromatic rings. The zero-order valence-corrected chi connectivity index (χ0v) is 10.6. The van der Waals surface area contributed by atoms with E-state index in [-0.39, 0.29) is 5.82 Å². The van der Waals surface area contributed by atoms with Gasteiger partial charge >= 0.3 is 0 Å². The number of halogens is 2. The molecule has 0 unspecified atom stereocenters. The van der Waals surface area contributed by atoms with Crippen LogP contribution in [0.4, 0.5) is 10.1 Å². The molecular formula is C12H13ClFN3. The maximum Gasteiger partial charge on any atom is 0.126 e. The zero-order valence-electron chi connectivity index (χ0n) is 9.88. The normalized spacial score (nSPS) is 10.9. The number of nitrogen functional groups attached to an aromatic ring is 1. The Morgan fingerprint density at radius 1 is 1.35 bits per heavy atom. The van der Waals surface area contributed by atoms with Gasteiger partial charge in [0.1, 0.15) is 11.5 Å². The molecule has 5 heteroatoms. The van der Waals surface area contributed by atoms with Gasteiger partial charge in [0, 0.05) is 12.6 Å². The zero-order chi connectivity index (χ0) is 12.7. The van der Waals surface area contributed by atoms with Gasteiger partial charge in [-0.2, -0.15) is 5.10 Å². The molecule has 0 aliphatic heterocycles. The number of anilines is 1. The van der Waals surface area contributed by atoms with Crippen LogP contribution in [0, 0.1) is 19.7 Å². The molecule has 17 heavy (non-hydrogen) atoms. The van der Waals surface area contributed by atoms with E-state index in [1.54, 1.807) is 24.7 Å². The topological polar surface area (TPSA) is 43.8 Å². The summed E-state index contributed by atoms with van der Waals surface area (Å²) < 4.78 is 15.2. The maximum atomic E-state index is 13.5. The van der Waals surface area contributed by atoms with Crippen LogP contribution in [-0.4, -0.2) is 9.78 Å². The van der Waals surface area contributed by atoms with E-state index in [1.165, 1.54) is 6.07 Å².